The van der Waals surface area contributed by atoms with E-state index >= 15 is 0 Å². The third-order valence-electron chi connectivity index (χ3n) is 3.40. The summed E-state index contributed by atoms with van der Waals surface area (Å²) < 4.78 is 1.96. The van der Waals surface area contributed by atoms with Crippen molar-refractivity contribution in [2.45, 2.75) is 39.2 Å². The molecule has 1 fully saturated rings. The summed E-state index contributed by atoms with van der Waals surface area (Å²) in [5, 5.41) is 11.7. The van der Waals surface area contributed by atoms with E-state index in [1.54, 1.807) is 6.20 Å². The molecule has 5 heteroatoms. The largest absolute Gasteiger partial charge is 0.364 e. The van der Waals surface area contributed by atoms with Crippen molar-refractivity contribution in [1.82, 2.24) is 19.6 Å². The predicted octanol–water partition coefficient (Wildman–Crippen LogP) is 2.03. The van der Waals surface area contributed by atoms with Crippen molar-refractivity contribution in [1.29, 1.82) is 0 Å². The van der Waals surface area contributed by atoms with Crippen LogP contribution in [0.3, 0.4) is 0 Å². The van der Waals surface area contributed by atoms with Crippen molar-refractivity contribution in [3.05, 3.63) is 18.2 Å². The third kappa shape index (κ3) is 1.85. The minimum atomic E-state index is 0.575. The molecule has 0 spiro atoms. The fraction of sp³-hybridized carbons (Fsp3) is 0.583. The monoisotopic (exact) mass is 231 g/mol. The quantitative estimate of drug-likeness (QED) is 0.874. The van der Waals surface area contributed by atoms with Crippen LogP contribution in [0.4, 0.5) is 5.82 Å². The topological polar surface area (TPSA) is 55.1 Å². The second-order valence-corrected chi connectivity index (χ2v) is 4.75. The Morgan fingerprint density at radius 1 is 1.47 bits per heavy atom. The van der Waals surface area contributed by atoms with E-state index in [1.807, 2.05) is 17.5 Å². The number of hydrogen-bond donors (Lipinski definition) is 1. The molecule has 2 atom stereocenters. The van der Waals surface area contributed by atoms with Crippen molar-refractivity contribution in [2.24, 2.45) is 5.92 Å². The van der Waals surface area contributed by atoms with Gasteiger partial charge in [0.2, 0.25) is 5.65 Å². The first-order valence-corrected chi connectivity index (χ1v) is 6.22. The number of nitrogens with zero attached hydrogens (tertiary/aromatic N) is 4. The lowest BCUT2D eigenvalue weighted by molar-refractivity contribution is 0.692. The lowest BCUT2D eigenvalue weighted by Gasteiger charge is -2.05. The van der Waals surface area contributed by atoms with Crippen molar-refractivity contribution < 1.29 is 0 Å². The van der Waals surface area contributed by atoms with Gasteiger partial charge < -0.3 is 5.32 Å². The van der Waals surface area contributed by atoms with E-state index in [0.29, 0.717) is 6.04 Å². The van der Waals surface area contributed by atoms with Crippen LogP contribution < -0.4 is 5.32 Å². The van der Waals surface area contributed by atoms with Crippen molar-refractivity contribution in [2.75, 3.05) is 5.32 Å². The molecular formula is C12H17N5. The number of rotatable bonds is 4. The standard InChI is InChI=1S/C12H17N5/c1-3-4-9-7-10(9)14-11-12-16-15-8(2)17(12)6-5-13-11/h5-6,9-10H,3-4,7H2,1-2H3,(H,13,14). The molecule has 1 saturated carbocycles. The van der Waals surface area contributed by atoms with Crippen LogP contribution in [0.25, 0.3) is 5.65 Å². The van der Waals surface area contributed by atoms with Crippen LogP contribution in [0, 0.1) is 12.8 Å². The highest BCUT2D eigenvalue weighted by molar-refractivity contribution is 5.62. The maximum Gasteiger partial charge on any atom is 0.203 e. The number of aromatic nitrogens is 4. The molecular weight excluding hydrogens is 214 g/mol. The van der Waals surface area contributed by atoms with E-state index in [0.717, 1.165) is 23.2 Å². The molecule has 0 bridgehead atoms. The first-order chi connectivity index (χ1) is 8.29. The molecule has 2 aromatic rings. The highest BCUT2D eigenvalue weighted by Gasteiger charge is 2.36. The van der Waals surface area contributed by atoms with Gasteiger partial charge in [-0.1, -0.05) is 13.3 Å². The third-order valence-corrected chi connectivity index (χ3v) is 3.40. The van der Waals surface area contributed by atoms with Crippen LogP contribution in [-0.4, -0.2) is 25.6 Å². The second-order valence-electron chi connectivity index (χ2n) is 4.75. The van der Waals surface area contributed by atoms with Crippen LogP contribution in [0.2, 0.25) is 0 Å². The molecule has 2 unspecified atom stereocenters. The molecule has 2 heterocycles. The van der Waals surface area contributed by atoms with Crippen LogP contribution in [-0.2, 0) is 0 Å². The Labute approximate surface area is 100 Å². The van der Waals surface area contributed by atoms with Crippen LogP contribution in [0.1, 0.15) is 32.0 Å². The van der Waals surface area contributed by atoms with Gasteiger partial charge in [-0.3, -0.25) is 4.40 Å². The molecule has 1 aliphatic carbocycles. The van der Waals surface area contributed by atoms with Gasteiger partial charge in [-0.2, -0.15) is 0 Å². The summed E-state index contributed by atoms with van der Waals surface area (Å²) in [4.78, 5) is 4.36. The SMILES string of the molecule is CCCC1CC1Nc1nccn2c(C)nnc12. The van der Waals surface area contributed by atoms with Gasteiger partial charge in [0.15, 0.2) is 5.82 Å². The predicted molar refractivity (Wildman–Crippen MR) is 65.9 cm³/mol. The minimum absolute atomic E-state index is 0.575. The van der Waals surface area contributed by atoms with Gasteiger partial charge in [-0.25, -0.2) is 4.98 Å². The lowest BCUT2D eigenvalue weighted by atomic mass is 10.2. The van der Waals surface area contributed by atoms with Gasteiger partial charge in [0.05, 0.1) is 0 Å². The Morgan fingerprint density at radius 2 is 2.35 bits per heavy atom. The molecule has 0 aromatic carbocycles. The van der Waals surface area contributed by atoms with E-state index < -0.39 is 0 Å². The summed E-state index contributed by atoms with van der Waals surface area (Å²) in [6.45, 7) is 4.18. The highest BCUT2D eigenvalue weighted by Crippen LogP contribution is 2.37. The van der Waals surface area contributed by atoms with Crippen molar-refractivity contribution in [3.8, 4) is 0 Å². The fourth-order valence-electron chi connectivity index (χ4n) is 2.33. The van der Waals surface area contributed by atoms with E-state index in [1.165, 1.54) is 19.3 Å². The van der Waals surface area contributed by atoms with Crippen molar-refractivity contribution in [3.63, 3.8) is 0 Å². The minimum Gasteiger partial charge on any atom is -0.364 e. The van der Waals surface area contributed by atoms with Crippen molar-refractivity contribution >= 4 is 11.5 Å². The maximum absolute atomic E-state index is 4.36. The number of hydrogen-bond acceptors (Lipinski definition) is 4. The molecule has 1 N–H and O–H groups in total. The Bertz CT molecular complexity index is 533. The summed E-state index contributed by atoms with van der Waals surface area (Å²) in [5.41, 5.74) is 0.826. The first-order valence-electron chi connectivity index (χ1n) is 6.22. The summed E-state index contributed by atoms with van der Waals surface area (Å²) in [6, 6.07) is 0.575. The van der Waals surface area contributed by atoms with Gasteiger partial charge in [0.1, 0.15) is 5.82 Å². The Kier molecular flexibility index (Phi) is 2.46. The van der Waals surface area contributed by atoms with Crippen LogP contribution >= 0.6 is 0 Å². The van der Waals surface area contributed by atoms with Gasteiger partial charge in [0.25, 0.3) is 0 Å². The van der Waals surface area contributed by atoms with Crippen LogP contribution in [0.15, 0.2) is 12.4 Å². The number of nitrogens with one attached hydrogen (secondary N) is 1. The lowest BCUT2D eigenvalue weighted by Crippen LogP contribution is -2.08. The Hall–Kier alpha value is -1.65. The fourth-order valence-corrected chi connectivity index (χ4v) is 2.33. The van der Waals surface area contributed by atoms with Gasteiger partial charge >= 0.3 is 0 Å². The molecule has 5 nitrogen and oxygen atoms in total. The summed E-state index contributed by atoms with van der Waals surface area (Å²) in [7, 11) is 0. The van der Waals surface area contributed by atoms with E-state index in [-0.39, 0.29) is 0 Å². The molecule has 0 aliphatic heterocycles. The van der Waals surface area contributed by atoms with E-state index in [4.69, 9.17) is 0 Å². The highest BCUT2D eigenvalue weighted by atomic mass is 15.3. The number of anilines is 1. The summed E-state index contributed by atoms with van der Waals surface area (Å²) in [6.07, 6.45) is 7.50. The molecule has 90 valence electrons. The molecule has 3 rings (SSSR count). The second kappa shape index (κ2) is 3.98. The number of fused-ring (bicyclic) bond motifs is 1. The Balaban J connectivity index is 1.82. The van der Waals surface area contributed by atoms with Crippen LogP contribution in [0.5, 0.6) is 0 Å². The maximum atomic E-state index is 4.36. The molecule has 0 saturated heterocycles. The Morgan fingerprint density at radius 3 is 3.18 bits per heavy atom. The molecule has 0 amide bonds. The molecule has 2 aromatic heterocycles. The zero-order valence-electron chi connectivity index (χ0n) is 10.2. The zero-order valence-corrected chi connectivity index (χ0v) is 10.2. The van der Waals surface area contributed by atoms with E-state index in [9.17, 15) is 0 Å². The average molecular weight is 231 g/mol. The summed E-state index contributed by atoms with van der Waals surface area (Å²) >= 11 is 0. The van der Waals surface area contributed by atoms with E-state index in [2.05, 4.69) is 27.4 Å². The summed E-state index contributed by atoms with van der Waals surface area (Å²) in [5.74, 6) is 2.56. The zero-order chi connectivity index (χ0) is 11.8. The molecule has 1 aliphatic rings. The average Bonchev–Trinajstić information content (AvgIpc) is 2.93. The van der Waals surface area contributed by atoms with Gasteiger partial charge in [-0.05, 0) is 25.7 Å². The normalized spacial score (nSPS) is 22.9. The van der Waals surface area contributed by atoms with Gasteiger partial charge in [-0.15, -0.1) is 10.2 Å². The smallest absolute Gasteiger partial charge is 0.203 e. The number of aryl methyl sites for hydroxylation is 1. The molecule has 0 radical (unpaired) electrons. The molecule has 17 heavy (non-hydrogen) atoms. The first kappa shape index (κ1) is 10.5. The van der Waals surface area contributed by atoms with Gasteiger partial charge in [0, 0.05) is 18.4 Å².